The number of para-hydroxylation sites is 3. The first kappa shape index (κ1) is 26.3. The number of nitrogens with zero attached hydrogens (tertiary/aromatic N) is 3. The number of nitrogens with one attached hydrogen (secondary N) is 3. The van der Waals surface area contributed by atoms with Gasteiger partial charge in [0.25, 0.3) is 5.56 Å². The number of hydrogen-bond donors (Lipinski definition) is 6. The molecule has 3 aromatic carbocycles. The number of anilines is 1. The normalized spacial score (nSPS) is 15.5. The summed E-state index contributed by atoms with van der Waals surface area (Å²) in [4.78, 5) is 26.2. The van der Waals surface area contributed by atoms with Gasteiger partial charge in [0.2, 0.25) is 0 Å². The van der Waals surface area contributed by atoms with Crippen LogP contribution in [0.15, 0.2) is 118 Å². The van der Waals surface area contributed by atoms with E-state index in [4.69, 9.17) is 0 Å². The van der Waals surface area contributed by atoms with E-state index in [1.54, 1.807) is 47.2 Å². The molecule has 1 aliphatic heterocycles. The van der Waals surface area contributed by atoms with E-state index in [9.17, 15) is 19.0 Å². The number of aromatic amines is 2. The molecule has 10 nitrogen and oxygen atoms in total. The Balaban J connectivity index is 1.41. The summed E-state index contributed by atoms with van der Waals surface area (Å²) in [5.74, 6) is -0.476. The lowest BCUT2D eigenvalue weighted by atomic mass is 9.96. The van der Waals surface area contributed by atoms with E-state index >= 15 is 0 Å². The summed E-state index contributed by atoms with van der Waals surface area (Å²) in [7, 11) is -3.66. The van der Waals surface area contributed by atoms with Crippen molar-refractivity contribution in [3.63, 3.8) is 0 Å². The van der Waals surface area contributed by atoms with Crippen LogP contribution in [0.25, 0.3) is 32.8 Å². The summed E-state index contributed by atoms with van der Waals surface area (Å²) in [6.07, 6.45) is 5.85. The van der Waals surface area contributed by atoms with Crippen LogP contribution in [0.4, 0.5) is 5.69 Å². The van der Waals surface area contributed by atoms with Crippen molar-refractivity contribution < 1.29 is 14.2 Å². The Kier molecular flexibility index (Phi) is 5.88. The molecule has 44 heavy (non-hydrogen) atoms. The molecule has 0 saturated carbocycles. The number of aromatic hydroxyl groups is 1. The lowest BCUT2D eigenvalue weighted by Crippen LogP contribution is -2.35. The SMILES string of the molecule is O=c1c(C2=NS(O)(O)c3ccccc3N2)c(O)c2cccnc2n1C(Cc1c[nH]c2ccccc12)c1c[nH]c2ccccc12. The van der Waals surface area contributed by atoms with Crippen LogP contribution in [0.3, 0.4) is 0 Å². The quantitative estimate of drug-likeness (QED) is 0.128. The molecule has 8 rings (SSSR count). The van der Waals surface area contributed by atoms with Crippen molar-refractivity contribution in [1.29, 1.82) is 0 Å². The van der Waals surface area contributed by atoms with Gasteiger partial charge in [-0.25, -0.2) is 4.98 Å². The summed E-state index contributed by atoms with van der Waals surface area (Å²) in [6, 6.07) is 25.3. The Morgan fingerprint density at radius 2 is 1.50 bits per heavy atom. The highest BCUT2D eigenvalue weighted by molar-refractivity contribution is 8.23. The van der Waals surface area contributed by atoms with Crippen LogP contribution in [0, 0.1) is 0 Å². The van der Waals surface area contributed by atoms with Gasteiger partial charge in [0.15, 0.2) is 5.84 Å². The van der Waals surface area contributed by atoms with Gasteiger partial charge in [-0.3, -0.25) is 18.5 Å². The van der Waals surface area contributed by atoms with Gasteiger partial charge in [0.05, 0.1) is 17.1 Å². The average molecular weight is 603 g/mol. The van der Waals surface area contributed by atoms with Crippen LogP contribution in [-0.4, -0.2) is 39.6 Å². The number of benzene rings is 3. The number of amidine groups is 1. The Morgan fingerprint density at radius 3 is 2.34 bits per heavy atom. The van der Waals surface area contributed by atoms with E-state index < -0.39 is 22.4 Å². The summed E-state index contributed by atoms with van der Waals surface area (Å²) in [6.45, 7) is 0. The fraction of sp³-hybridized carbons (Fsp3) is 0.0606. The van der Waals surface area contributed by atoms with Gasteiger partial charge in [-0.2, -0.15) is 0 Å². The molecule has 6 N–H and O–H groups in total. The predicted molar refractivity (Wildman–Crippen MR) is 174 cm³/mol. The molecule has 4 aromatic heterocycles. The number of pyridine rings is 2. The third kappa shape index (κ3) is 4.02. The maximum atomic E-state index is 14.8. The molecule has 0 amide bonds. The summed E-state index contributed by atoms with van der Waals surface area (Å²) in [5.41, 5.74) is 3.68. The van der Waals surface area contributed by atoms with Gasteiger partial charge in [0, 0.05) is 46.0 Å². The van der Waals surface area contributed by atoms with Crippen LogP contribution < -0.4 is 10.9 Å². The van der Waals surface area contributed by atoms with Gasteiger partial charge in [-0.15, -0.1) is 4.40 Å². The van der Waals surface area contributed by atoms with Crippen LogP contribution in [0.1, 0.15) is 22.7 Å². The molecule has 11 heteroatoms. The molecule has 0 bridgehead atoms. The Labute approximate surface area is 251 Å². The average Bonchev–Trinajstić information content (AvgIpc) is 3.65. The second-order valence-electron chi connectivity index (χ2n) is 10.7. The summed E-state index contributed by atoms with van der Waals surface area (Å²) in [5, 5.41) is 16.9. The predicted octanol–water partition coefficient (Wildman–Crippen LogP) is 6.79. The van der Waals surface area contributed by atoms with Crippen LogP contribution in [0.2, 0.25) is 0 Å². The molecule has 0 saturated heterocycles. The molecule has 5 heterocycles. The zero-order valence-corrected chi connectivity index (χ0v) is 23.9. The molecule has 0 fully saturated rings. The van der Waals surface area contributed by atoms with Crippen molar-refractivity contribution in [3.8, 4) is 5.75 Å². The third-order valence-electron chi connectivity index (χ3n) is 8.21. The van der Waals surface area contributed by atoms with Crippen molar-refractivity contribution in [2.45, 2.75) is 17.4 Å². The van der Waals surface area contributed by atoms with Gasteiger partial charge in [-0.05, 0) is 48.4 Å². The monoisotopic (exact) mass is 602 g/mol. The molecular formula is C33H26N6O4S. The highest BCUT2D eigenvalue weighted by Crippen LogP contribution is 2.55. The molecule has 1 aliphatic rings. The second-order valence-corrected chi connectivity index (χ2v) is 12.4. The number of fused-ring (bicyclic) bond motifs is 4. The largest absolute Gasteiger partial charge is 0.506 e. The van der Waals surface area contributed by atoms with E-state index in [1.165, 1.54) is 0 Å². The highest BCUT2D eigenvalue weighted by Gasteiger charge is 2.32. The van der Waals surface area contributed by atoms with Crippen LogP contribution >= 0.6 is 10.8 Å². The molecule has 1 atom stereocenters. The fourth-order valence-electron chi connectivity index (χ4n) is 6.19. The van der Waals surface area contributed by atoms with E-state index in [-0.39, 0.29) is 27.7 Å². The Morgan fingerprint density at radius 1 is 0.818 bits per heavy atom. The minimum absolute atomic E-state index is 0.129. The first-order valence-corrected chi connectivity index (χ1v) is 15.5. The molecule has 0 spiro atoms. The molecule has 1 unspecified atom stereocenters. The third-order valence-corrected chi connectivity index (χ3v) is 9.59. The maximum Gasteiger partial charge on any atom is 0.267 e. The Bertz CT molecular complexity index is 2340. The molecule has 0 aliphatic carbocycles. The van der Waals surface area contributed by atoms with Gasteiger partial charge < -0.3 is 20.4 Å². The number of H-pyrrole nitrogens is 2. The smallest absolute Gasteiger partial charge is 0.267 e. The van der Waals surface area contributed by atoms with E-state index in [0.29, 0.717) is 17.5 Å². The molecular weight excluding hydrogens is 576 g/mol. The molecule has 0 radical (unpaired) electrons. The molecule has 7 aromatic rings. The topological polar surface area (TPSA) is 152 Å². The van der Waals surface area contributed by atoms with Crippen molar-refractivity contribution in [3.05, 3.63) is 131 Å². The number of aromatic nitrogens is 4. The lowest BCUT2D eigenvalue weighted by Gasteiger charge is -2.34. The second kappa shape index (κ2) is 9.85. The van der Waals surface area contributed by atoms with Gasteiger partial charge in [0.1, 0.15) is 21.9 Å². The summed E-state index contributed by atoms with van der Waals surface area (Å²) >= 11 is 0. The van der Waals surface area contributed by atoms with Crippen molar-refractivity contribution in [2.24, 2.45) is 4.40 Å². The highest BCUT2D eigenvalue weighted by atomic mass is 32.3. The minimum Gasteiger partial charge on any atom is -0.506 e. The zero-order chi connectivity index (χ0) is 30.0. The summed E-state index contributed by atoms with van der Waals surface area (Å²) < 4.78 is 27.7. The van der Waals surface area contributed by atoms with E-state index in [0.717, 1.165) is 32.9 Å². The minimum atomic E-state index is -3.66. The van der Waals surface area contributed by atoms with Crippen LogP contribution in [-0.2, 0) is 6.42 Å². The number of rotatable bonds is 5. The van der Waals surface area contributed by atoms with Gasteiger partial charge >= 0.3 is 0 Å². The van der Waals surface area contributed by atoms with Crippen molar-refractivity contribution in [2.75, 3.05) is 5.32 Å². The Hall–Kier alpha value is -5.36. The lowest BCUT2D eigenvalue weighted by molar-refractivity contribution is 0.474. The standard InChI is InChI=1S/C33H26N6O4S/c40-30-22-10-7-15-34-32(22)39(33(41)29(30)31-37-26-13-5-6-14-28(26)44(42,43)38-31)27(23-18-36-25-12-4-2-9-21(23)25)16-19-17-35-24-11-3-1-8-20(19)24/h1-15,17-18,27,35-36,40,42-43H,16H2,(H,37,38). The van der Waals surface area contributed by atoms with Crippen molar-refractivity contribution in [1.82, 2.24) is 19.5 Å². The first-order valence-electron chi connectivity index (χ1n) is 14.0. The van der Waals surface area contributed by atoms with Gasteiger partial charge in [-0.1, -0.05) is 59.3 Å². The van der Waals surface area contributed by atoms with E-state index in [1.807, 2.05) is 60.9 Å². The maximum absolute atomic E-state index is 14.8. The number of hydrogen-bond acceptors (Lipinski definition) is 7. The zero-order valence-electron chi connectivity index (χ0n) is 23.1. The van der Waals surface area contributed by atoms with Crippen molar-refractivity contribution >= 4 is 55.1 Å². The van der Waals surface area contributed by atoms with E-state index in [2.05, 4.69) is 24.7 Å². The van der Waals surface area contributed by atoms with Crippen LogP contribution in [0.5, 0.6) is 5.75 Å². The first-order chi connectivity index (χ1) is 21.4. The molecule has 218 valence electrons. The fourth-order valence-corrected chi connectivity index (χ4v) is 7.36.